The third-order valence-electron chi connectivity index (χ3n) is 1.46. The molecule has 5 nitrogen and oxygen atoms in total. The Kier molecular flexibility index (Phi) is 5.44. The standard InChI is InChI=1S/C6H12N2O3S/c1-8(7-11)5(6(9)10)3-4-12-2/h5H,3-4H2,1-2H3,(H,9,10). The molecule has 0 radical (unpaired) electrons. The fraction of sp³-hybridized carbons (Fsp3) is 0.833. The van der Waals surface area contributed by atoms with E-state index in [1.54, 1.807) is 11.8 Å². The van der Waals surface area contributed by atoms with Crippen LogP contribution < -0.4 is 0 Å². The van der Waals surface area contributed by atoms with Gasteiger partial charge >= 0.3 is 5.97 Å². The SMILES string of the molecule is CSCCC(C(=O)O)N(C)N=O. The summed E-state index contributed by atoms with van der Waals surface area (Å²) in [5, 5.41) is 12.1. The van der Waals surface area contributed by atoms with Crippen LogP contribution in [0.25, 0.3) is 0 Å². The molecule has 0 aliphatic rings. The van der Waals surface area contributed by atoms with Gasteiger partial charge in [0.25, 0.3) is 0 Å². The monoisotopic (exact) mass is 192 g/mol. The molecule has 1 unspecified atom stereocenters. The molecule has 12 heavy (non-hydrogen) atoms. The fourth-order valence-electron chi connectivity index (χ4n) is 0.757. The Balaban J connectivity index is 4.03. The second-order valence-electron chi connectivity index (χ2n) is 2.29. The Bertz CT molecular complexity index is 165. The van der Waals surface area contributed by atoms with Crippen molar-refractivity contribution in [2.45, 2.75) is 12.5 Å². The van der Waals surface area contributed by atoms with Gasteiger partial charge in [-0.05, 0) is 18.4 Å². The lowest BCUT2D eigenvalue weighted by molar-refractivity contribution is -0.142. The van der Waals surface area contributed by atoms with Crippen LogP contribution in [0.3, 0.4) is 0 Å². The van der Waals surface area contributed by atoms with Crippen LogP contribution in [0.5, 0.6) is 0 Å². The first-order chi connectivity index (χ1) is 5.63. The molecule has 0 aliphatic carbocycles. The smallest absolute Gasteiger partial charge is 0.328 e. The maximum atomic E-state index is 10.6. The maximum absolute atomic E-state index is 10.6. The molecule has 6 heteroatoms. The van der Waals surface area contributed by atoms with Gasteiger partial charge in [-0.2, -0.15) is 11.8 Å². The quantitative estimate of drug-likeness (QED) is 0.498. The van der Waals surface area contributed by atoms with Gasteiger partial charge in [-0.25, -0.2) is 9.80 Å². The van der Waals surface area contributed by atoms with Crippen LogP contribution in [-0.4, -0.2) is 41.2 Å². The molecule has 0 fully saturated rings. The van der Waals surface area contributed by atoms with Crippen molar-refractivity contribution in [3.05, 3.63) is 4.91 Å². The minimum Gasteiger partial charge on any atom is -0.480 e. The van der Waals surface area contributed by atoms with E-state index in [4.69, 9.17) is 5.11 Å². The molecule has 0 bridgehead atoms. The summed E-state index contributed by atoms with van der Waals surface area (Å²) in [5.74, 6) is -0.303. The third kappa shape index (κ3) is 3.56. The van der Waals surface area contributed by atoms with Crippen LogP contribution >= 0.6 is 11.8 Å². The fourth-order valence-corrected chi connectivity index (χ4v) is 1.22. The lowest BCUT2D eigenvalue weighted by Crippen LogP contribution is -2.35. The lowest BCUT2D eigenvalue weighted by Gasteiger charge is -2.17. The van der Waals surface area contributed by atoms with E-state index in [9.17, 15) is 9.70 Å². The topological polar surface area (TPSA) is 70.0 Å². The van der Waals surface area contributed by atoms with E-state index in [0.29, 0.717) is 12.2 Å². The number of thioether (sulfide) groups is 1. The van der Waals surface area contributed by atoms with Crippen molar-refractivity contribution in [2.24, 2.45) is 5.29 Å². The highest BCUT2D eigenvalue weighted by Crippen LogP contribution is 2.06. The molecule has 70 valence electrons. The van der Waals surface area contributed by atoms with Crippen LogP contribution in [0.15, 0.2) is 5.29 Å². The van der Waals surface area contributed by atoms with Crippen LogP contribution in [0.2, 0.25) is 0 Å². The predicted molar refractivity (Wildman–Crippen MR) is 48.0 cm³/mol. The summed E-state index contributed by atoms with van der Waals surface area (Å²) in [5.41, 5.74) is 0. The Hall–Kier alpha value is -0.780. The van der Waals surface area contributed by atoms with Crippen molar-refractivity contribution in [1.82, 2.24) is 5.01 Å². The second kappa shape index (κ2) is 5.82. The first kappa shape index (κ1) is 11.2. The first-order valence-corrected chi connectivity index (χ1v) is 4.80. The zero-order valence-electron chi connectivity index (χ0n) is 7.06. The van der Waals surface area contributed by atoms with Crippen LogP contribution in [0.1, 0.15) is 6.42 Å². The summed E-state index contributed by atoms with van der Waals surface area (Å²) in [6.45, 7) is 0. The molecule has 1 atom stereocenters. The van der Waals surface area contributed by atoms with Gasteiger partial charge < -0.3 is 5.11 Å². The second-order valence-corrected chi connectivity index (χ2v) is 3.28. The predicted octanol–water partition coefficient (Wildman–Crippen LogP) is 0.806. The van der Waals surface area contributed by atoms with Crippen molar-refractivity contribution >= 4 is 17.7 Å². The number of carboxylic acids is 1. The molecular formula is C6H12N2O3S. The summed E-state index contributed by atoms with van der Waals surface area (Å²) < 4.78 is 0. The number of rotatable bonds is 6. The Morgan fingerprint density at radius 1 is 1.75 bits per heavy atom. The summed E-state index contributed by atoms with van der Waals surface area (Å²) in [6.07, 6.45) is 2.31. The number of hydrogen-bond donors (Lipinski definition) is 1. The molecule has 0 saturated heterocycles. The molecule has 0 heterocycles. The van der Waals surface area contributed by atoms with Gasteiger partial charge in [-0.3, -0.25) is 0 Å². The number of carboxylic acid groups (broad SMARTS) is 1. The molecule has 0 aromatic rings. The van der Waals surface area contributed by atoms with E-state index in [2.05, 4.69) is 5.29 Å². The Morgan fingerprint density at radius 3 is 2.67 bits per heavy atom. The molecule has 0 aliphatic heterocycles. The van der Waals surface area contributed by atoms with Gasteiger partial charge in [-0.1, -0.05) is 0 Å². The highest BCUT2D eigenvalue weighted by molar-refractivity contribution is 7.98. The number of nitrogens with zero attached hydrogens (tertiary/aromatic N) is 2. The highest BCUT2D eigenvalue weighted by Gasteiger charge is 2.21. The van der Waals surface area contributed by atoms with E-state index < -0.39 is 12.0 Å². The summed E-state index contributed by atoms with van der Waals surface area (Å²) in [6, 6.07) is -0.796. The molecular weight excluding hydrogens is 180 g/mol. The van der Waals surface area contributed by atoms with Crippen molar-refractivity contribution < 1.29 is 9.90 Å². The van der Waals surface area contributed by atoms with E-state index >= 15 is 0 Å². The molecule has 0 rings (SSSR count). The van der Waals surface area contributed by atoms with Gasteiger partial charge in [-0.15, -0.1) is 4.91 Å². The van der Waals surface area contributed by atoms with Crippen molar-refractivity contribution in [1.29, 1.82) is 0 Å². The van der Waals surface area contributed by atoms with Gasteiger partial charge in [0.15, 0.2) is 0 Å². The highest BCUT2D eigenvalue weighted by atomic mass is 32.2. The van der Waals surface area contributed by atoms with E-state index in [1.807, 2.05) is 6.26 Å². The summed E-state index contributed by atoms with van der Waals surface area (Å²) in [7, 11) is 1.37. The van der Waals surface area contributed by atoms with E-state index in [0.717, 1.165) is 5.01 Å². The van der Waals surface area contributed by atoms with Crippen LogP contribution in [-0.2, 0) is 4.79 Å². The molecule has 0 amide bonds. The Morgan fingerprint density at radius 2 is 2.33 bits per heavy atom. The van der Waals surface area contributed by atoms with Crippen molar-refractivity contribution in [2.75, 3.05) is 19.1 Å². The third-order valence-corrected chi connectivity index (χ3v) is 2.10. The van der Waals surface area contributed by atoms with Crippen molar-refractivity contribution in [3.63, 3.8) is 0 Å². The number of aliphatic carboxylic acids is 1. The van der Waals surface area contributed by atoms with Crippen LogP contribution in [0.4, 0.5) is 0 Å². The molecule has 0 aromatic carbocycles. The average Bonchev–Trinajstić information content (AvgIpc) is 2.04. The van der Waals surface area contributed by atoms with Gasteiger partial charge in [0.1, 0.15) is 6.04 Å². The van der Waals surface area contributed by atoms with E-state index in [-0.39, 0.29) is 0 Å². The maximum Gasteiger partial charge on any atom is 0.328 e. The molecule has 0 saturated carbocycles. The minimum absolute atomic E-state index is 0.429. The molecule has 0 spiro atoms. The van der Waals surface area contributed by atoms with Gasteiger partial charge in [0, 0.05) is 7.05 Å². The normalized spacial score (nSPS) is 12.2. The number of nitroso groups, excluding NO2 is 1. The largest absolute Gasteiger partial charge is 0.480 e. The number of likely N-dealkylation sites (N-methyl/N-ethyl adjacent to an activating group) is 1. The zero-order chi connectivity index (χ0) is 9.56. The first-order valence-electron chi connectivity index (χ1n) is 3.41. The van der Waals surface area contributed by atoms with Gasteiger partial charge in [0.05, 0.1) is 5.29 Å². The zero-order valence-corrected chi connectivity index (χ0v) is 7.87. The summed E-state index contributed by atoms with van der Waals surface area (Å²) >= 11 is 1.54. The van der Waals surface area contributed by atoms with E-state index in [1.165, 1.54) is 7.05 Å². The average molecular weight is 192 g/mol. The van der Waals surface area contributed by atoms with Crippen LogP contribution in [0, 0.1) is 4.91 Å². The van der Waals surface area contributed by atoms with Gasteiger partial charge in [0.2, 0.25) is 0 Å². The van der Waals surface area contributed by atoms with Crippen molar-refractivity contribution in [3.8, 4) is 0 Å². The molecule has 1 N–H and O–H groups in total. The summed E-state index contributed by atoms with van der Waals surface area (Å²) in [4.78, 5) is 20.6. The molecule has 0 aromatic heterocycles. The minimum atomic E-state index is -1.01. The lowest BCUT2D eigenvalue weighted by atomic mass is 10.2. The Labute approximate surface area is 75.1 Å². The number of carbonyl (C=O) groups is 1. The number of hydrogen-bond acceptors (Lipinski definition) is 4.